The van der Waals surface area contributed by atoms with Gasteiger partial charge in [0.15, 0.2) is 5.82 Å². The van der Waals surface area contributed by atoms with Crippen LogP contribution in [0.3, 0.4) is 0 Å². The molecule has 0 bridgehead atoms. The molecule has 2 aromatic rings. The third-order valence-electron chi connectivity index (χ3n) is 4.78. The minimum absolute atomic E-state index is 0.107. The van der Waals surface area contributed by atoms with Gasteiger partial charge in [0, 0.05) is 6.07 Å². The van der Waals surface area contributed by atoms with Gasteiger partial charge in [0.2, 0.25) is 11.1 Å². The fourth-order valence-electron chi connectivity index (χ4n) is 3.20. The van der Waals surface area contributed by atoms with Gasteiger partial charge in [0.05, 0.1) is 18.9 Å². The lowest BCUT2D eigenvalue weighted by Crippen LogP contribution is -2.49. The SMILES string of the molecule is COc1cccc(OCc2nnc(SCC(=O)NC3(C#N)CCCCC3)n2N)c1. The normalized spacial score (nSPS) is 15.3. The Kier molecular flexibility index (Phi) is 6.82. The zero-order valence-corrected chi connectivity index (χ0v) is 17.1. The van der Waals surface area contributed by atoms with Crippen LogP contribution in [0.15, 0.2) is 29.4 Å². The Hall–Kier alpha value is -2.93. The van der Waals surface area contributed by atoms with Crippen LogP contribution in [0.2, 0.25) is 0 Å². The first-order valence-electron chi connectivity index (χ1n) is 9.36. The standard InChI is InChI=1S/C19H24N6O3S/c1-27-14-6-5-7-15(10-14)28-11-16-23-24-18(25(16)21)29-12-17(26)22-19(13-20)8-3-2-4-9-19/h5-7,10H,2-4,8-9,11-12,21H2,1H3,(H,22,26). The number of hydrogen-bond acceptors (Lipinski definition) is 8. The summed E-state index contributed by atoms with van der Waals surface area (Å²) in [5, 5.41) is 20.8. The number of aromatic nitrogens is 3. The van der Waals surface area contributed by atoms with Gasteiger partial charge < -0.3 is 20.6 Å². The summed E-state index contributed by atoms with van der Waals surface area (Å²) in [5.41, 5.74) is -0.748. The number of nitriles is 1. The molecule has 0 radical (unpaired) electrons. The van der Waals surface area contributed by atoms with Crippen LogP contribution in [0.5, 0.6) is 11.5 Å². The number of nitrogens with zero attached hydrogens (tertiary/aromatic N) is 4. The number of carbonyl (C=O) groups excluding carboxylic acids is 1. The van der Waals surface area contributed by atoms with Gasteiger partial charge in [-0.25, -0.2) is 4.68 Å². The highest BCUT2D eigenvalue weighted by Gasteiger charge is 2.33. The Morgan fingerprint density at radius 1 is 1.34 bits per heavy atom. The van der Waals surface area contributed by atoms with Gasteiger partial charge in [-0.15, -0.1) is 10.2 Å². The Morgan fingerprint density at radius 2 is 2.10 bits per heavy atom. The van der Waals surface area contributed by atoms with Crippen molar-refractivity contribution in [2.24, 2.45) is 0 Å². The van der Waals surface area contributed by atoms with E-state index in [0.29, 0.717) is 35.3 Å². The second kappa shape index (κ2) is 9.52. The van der Waals surface area contributed by atoms with Crippen molar-refractivity contribution in [1.29, 1.82) is 5.26 Å². The van der Waals surface area contributed by atoms with Gasteiger partial charge in [0.1, 0.15) is 23.6 Å². The largest absolute Gasteiger partial charge is 0.497 e. The molecule has 29 heavy (non-hydrogen) atoms. The predicted octanol–water partition coefficient (Wildman–Crippen LogP) is 2.01. The number of methoxy groups -OCH3 is 1. The average molecular weight is 417 g/mol. The van der Waals surface area contributed by atoms with Gasteiger partial charge in [-0.1, -0.05) is 37.1 Å². The van der Waals surface area contributed by atoms with Crippen molar-refractivity contribution < 1.29 is 14.3 Å². The third-order valence-corrected chi connectivity index (χ3v) is 5.72. The van der Waals surface area contributed by atoms with E-state index in [1.807, 2.05) is 12.1 Å². The van der Waals surface area contributed by atoms with Crippen LogP contribution >= 0.6 is 11.8 Å². The molecule has 0 saturated heterocycles. The fraction of sp³-hybridized carbons (Fsp3) is 0.474. The van der Waals surface area contributed by atoms with E-state index in [4.69, 9.17) is 15.3 Å². The number of hydrogen-bond donors (Lipinski definition) is 2. The first kappa shape index (κ1) is 20.8. The van der Waals surface area contributed by atoms with Crippen molar-refractivity contribution in [2.75, 3.05) is 18.7 Å². The fourth-order valence-corrected chi connectivity index (χ4v) is 3.87. The van der Waals surface area contributed by atoms with Crippen LogP contribution in [0, 0.1) is 11.3 Å². The van der Waals surface area contributed by atoms with E-state index in [1.54, 1.807) is 19.2 Å². The van der Waals surface area contributed by atoms with Gasteiger partial charge in [-0.2, -0.15) is 5.26 Å². The zero-order chi connectivity index (χ0) is 20.7. The topological polar surface area (TPSA) is 128 Å². The van der Waals surface area contributed by atoms with Gasteiger partial charge in [0.25, 0.3) is 0 Å². The molecule has 1 amide bonds. The molecule has 1 heterocycles. The van der Waals surface area contributed by atoms with E-state index < -0.39 is 5.54 Å². The van der Waals surface area contributed by atoms with E-state index in [-0.39, 0.29) is 18.3 Å². The van der Waals surface area contributed by atoms with Crippen molar-refractivity contribution in [3.63, 3.8) is 0 Å². The minimum atomic E-state index is -0.748. The molecule has 1 saturated carbocycles. The molecule has 3 N–H and O–H groups in total. The van der Waals surface area contributed by atoms with Crippen LogP contribution in [0.1, 0.15) is 37.9 Å². The van der Waals surface area contributed by atoms with Crippen molar-refractivity contribution in [3.8, 4) is 17.6 Å². The van der Waals surface area contributed by atoms with E-state index in [2.05, 4.69) is 21.6 Å². The Labute approximate surface area is 173 Å². The monoisotopic (exact) mass is 416 g/mol. The number of nitrogens with one attached hydrogen (secondary N) is 1. The Balaban J connectivity index is 1.52. The summed E-state index contributed by atoms with van der Waals surface area (Å²) in [6.45, 7) is 0.126. The van der Waals surface area contributed by atoms with E-state index in [1.165, 1.54) is 16.4 Å². The minimum Gasteiger partial charge on any atom is -0.497 e. The Morgan fingerprint density at radius 3 is 2.83 bits per heavy atom. The average Bonchev–Trinajstić information content (AvgIpc) is 3.11. The molecule has 0 spiro atoms. The molecule has 0 aliphatic heterocycles. The van der Waals surface area contributed by atoms with Gasteiger partial charge >= 0.3 is 0 Å². The lowest BCUT2D eigenvalue weighted by atomic mass is 9.83. The molecule has 1 aromatic carbocycles. The van der Waals surface area contributed by atoms with Crippen molar-refractivity contribution in [2.45, 2.75) is 49.4 Å². The number of carbonyl (C=O) groups is 1. The van der Waals surface area contributed by atoms with Crippen LogP contribution in [-0.4, -0.2) is 39.2 Å². The summed E-state index contributed by atoms with van der Waals surface area (Å²) in [7, 11) is 1.59. The van der Waals surface area contributed by atoms with Crippen LogP contribution < -0.4 is 20.6 Å². The Bertz CT molecular complexity index is 888. The van der Waals surface area contributed by atoms with Crippen LogP contribution in [0.4, 0.5) is 0 Å². The summed E-state index contributed by atoms with van der Waals surface area (Å²) in [4.78, 5) is 12.3. The summed E-state index contributed by atoms with van der Waals surface area (Å²) >= 11 is 1.17. The molecular formula is C19H24N6O3S. The predicted molar refractivity (Wildman–Crippen MR) is 108 cm³/mol. The third kappa shape index (κ3) is 5.32. The molecular weight excluding hydrogens is 392 g/mol. The van der Waals surface area contributed by atoms with Crippen LogP contribution in [-0.2, 0) is 11.4 Å². The maximum atomic E-state index is 12.3. The highest BCUT2D eigenvalue weighted by molar-refractivity contribution is 7.99. The summed E-state index contributed by atoms with van der Waals surface area (Å²) in [5.74, 6) is 7.66. The number of nitrogens with two attached hydrogens (primary N) is 1. The maximum absolute atomic E-state index is 12.3. The molecule has 1 aromatic heterocycles. The molecule has 9 nitrogen and oxygen atoms in total. The van der Waals surface area contributed by atoms with E-state index >= 15 is 0 Å². The lowest BCUT2D eigenvalue weighted by Gasteiger charge is -2.31. The molecule has 1 aliphatic carbocycles. The highest BCUT2D eigenvalue weighted by atomic mass is 32.2. The summed E-state index contributed by atoms with van der Waals surface area (Å²) < 4.78 is 12.1. The molecule has 0 unspecified atom stereocenters. The quantitative estimate of drug-likeness (QED) is 0.494. The van der Waals surface area contributed by atoms with Crippen molar-refractivity contribution >= 4 is 17.7 Å². The molecule has 1 fully saturated rings. The zero-order valence-electron chi connectivity index (χ0n) is 16.3. The molecule has 1 aliphatic rings. The first-order valence-corrected chi connectivity index (χ1v) is 10.3. The number of rotatable bonds is 8. The highest BCUT2D eigenvalue weighted by Crippen LogP contribution is 2.28. The summed E-state index contributed by atoms with van der Waals surface area (Å²) in [6, 6.07) is 9.48. The van der Waals surface area contributed by atoms with Crippen LogP contribution in [0.25, 0.3) is 0 Å². The number of ether oxygens (including phenoxy) is 2. The first-order chi connectivity index (χ1) is 14.0. The van der Waals surface area contributed by atoms with E-state index in [0.717, 1.165) is 19.3 Å². The van der Waals surface area contributed by atoms with E-state index in [9.17, 15) is 10.1 Å². The molecule has 10 heteroatoms. The number of benzene rings is 1. The second-order valence-corrected chi connectivity index (χ2v) is 7.77. The number of thioether (sulfide) groups is 1. The van der Waals surface area contributed by atoms with Crippen molar-refractivity contribution in [1.82, 2.24) is 20.2 Å². The molecule has 3 rings (SSSR count). The smallest absolute Gasteiger partial charge is 0.231 e. The number of nitrogen functional groups attached to an aromatic ring is 1. The summed E-state index contributed by atoms with van der Waals surface area (Å²) in [6.07, 6.45) is 4.39. The number of amides is 1. The lowest BCUT2D eigenvalue weighted by molar-refractivity contribution is -0.120. The molecule has 0 atom stereocenters. The van der Waals surface area contributed by atoms with Gasteiger partial charge in [-0.3, -0.25) is 4.79 Å². The maximum Gasteiger partial charge on any atom is 0.231 e. The van der Waals surface area contributed by atoms with Crippen molar-refractivity contribution in [3.05, 3.63) is 30.1 Å². The molecule has 154 valence electrons. The second-order valence-electron chi connectivity index (χ2n) is 6.83. The van der Waals surface area contributed by atoms with Gasteiger partial charge in [-0.05, 0) is 25.0 Å².